The third-order valence-electron chi connectivity index (χ3n) is 4.12. The Kier molecular flexibility index (Phi) is 5.18. The summed E-state index contributed by atoms with van der Waals surface area (Å²) in [4.78, 5) is 2.26. The van der Waals surface area contributed by atoms with Crippen molar-refractivity contribution in [1.82, 2.24) is 5.32 Å². The Hall–Kier alpha value is -0.770. The number of halogens is 1. The van der Waals surface area contributed by atoms with Gasteiger partial charge in [0.05, 0.1) is 6.10 Å². The van der Waals surface area contributed by atoms with Crippen LogP contribution in [0.5, 0.6) is 0 Å². The molecule has 0 aromatic heterocycles. The molecule has 1 aliphatic heterocycles. The third kappa shape index (κ3) is 4.60. The molecule has 0 amide bonds. The van der Waals surface area contributed by atoms with E-state index < -0.39 is 0 Å². The number of β-amino-alcohol motifs (C(OH)–C–C–N with tert-alkyl or cyclic N) is 1. The molecule has 4 heteroatoms. The Balaban J connectivity index is 2.19. The fourth-order valence-electron chi connectivity index (χ4n) is 2.61. The van der Waals surface area contributed by atoms with E-state index in [1.807, 2.05) is 12.1 Å². The van der Waals surface area contributed by atoms with Crippen molar-refractivity contribution >= 4 is 17.3 Å². The molecule has 1 heterocycles. The summed E-state index contributed by atoms with van der Waals surface area (Å²) in [5, 5.41) is 14.4. The van der Waals surface area contributed by atoms with Gasteiger partial charge < -0.3 is 15.3 Å². The largest absolute Gasteiger partial charge is 0.391 e. The van der Waals surface area contributed by atoms with Crippen LogP contribution >= 0.6 is 11.6 Å². The first kappa shape index (κ1) is 16.6. The lowest BCUT2D eigenvalue weighted by Crippen LogP contribution is -2.43. The van der Waals surface area contributed by atoms with Crippen molar-refractivity contribution in [3.8, 4) is 0 Å². The van der Waals surface area contributed by atoms with Gasteiger partial charge in [0.25, 0.3) is 0 Å². The molecule has 1 fully saturated rings. The quantitative estimate of drug-likeness (QED) is 0.898. The van der Waals surface area contributed by atoms with Crippen molar-refractivity contribution in [3.05, 3.63) is 28.8 Å². The number of nitrogens with zero attached hydrogens (tertiary/aromatic N) is 1. The average Bonchev–Trinajstić information content (AvgIpc) is 2.39. The SMILES string of the molecule is CC1CCN(c2cc(Cl)ccc2CNC(C)(C)C)CC1O. The molecule has 0 spiro atoms. The summed E-state index contributed by atoms with van der Waals surface area (Å²) in [6.07, 6.45) is 0.751. The fraction of sp³-hybridized carbons (Fsp3) is 0.647. The van der Waals surface area contributed by atoms with Gasteiger partial charge in [0.2, 0.25) is 0 Å². The van der Waals surface area contributed by atoms with Crippen LogP contribution in [0.3, 0.4) is 0 Å². The molecule has 118 valence electrons. The van der Waals surface area contributed by atoms with E-state index in [1.165, 1.54) is 5.56 Å². The molecule has 2 rings (SSSR count). The first-order valence-corrected chi connectivity index (χ1v) is 8.10. The summed E-state index contributed by atoms with van der Waals surface area (Å²) in [5.74, 6) is 0.372. The zero-order chi connectivity index (χ0) is 15.6. The lowest BCUT2D eigenvalue weighted by molar-refractivity contribution is 0.103. The molecule has 1 saturated heterocycles. The molecule has 0 saturated carbocycles. The molecular weight excluding hydrogens is 284 g/mol. The van der Waals surface area contributed by atoms with Crippen molar-refractivity contribution in [1.29, 1.82) is 0 Å². The standard InChI is InChI=1S/C17H27ClN2O/c1-12-7-8-20(11-16(12)21)15-9-14(18)6-5-13(15)10-19-17(2,3)4/h5-6,9,12,16,19,21H,7-8,10-11H2,1-4H3. The molecule has 2 unspecified atom stereocenters. The maximum absolute atomic E-state index is 10.1. The normalized spacial score (nSPS) is 23.4. The first-order chi connectivity index (χ1) is 9.76. The van der Waals surface area contributed by atoms with Crippen LogP contribution in [-0.2, 0) is 6.54 Å². The van der Waals surface area contributed by atoms with Crippen molar-refractivity contribution < 1.29 is 5.11 Å². The number of hydrogen-bond donors (Lipinski definition) is 2. The number of benzene rings is 1. The second kappa shape index (κ2) is 6.55. The van der Waals surface area contributed by atoms with Crippen LogP contribution in [0.15, 0.2) is 18.2 Å². The van der Waals surface area contributed by atoms with Gasteiger partial charge in [-0.2, -0.15) is 0 Å². The van der Waals surface area contributed by atoms with Gasteiger partial charge in [-0.1, -0.05) is 24.6 Å². The molecule has 1 aromatic carbocycles. The van der Waals surface area contributed by atoms with Crippen molar-refractivity contribution in [2.24, 2.45) is 5.92 Å². The number of aliphatic hydroxyl groups excluding tert-OH is 1. The van der Waals surface area contributed by atoms with E-state index in [9.17, 15) is 5.11 Å². The van der Waals surface area contributed by atoms with E-state index in [4.69, 9.17) is 11.6 Å². The van der Waals surface area contributed by atoms with E-state index >= 15 is 0 Å². The zero-order valence-corrected chi connectivity index (χ0v) is 14.2. The van der Waals surface area contributed by atoms with Gasteiger partial charge in [0, 0.05) is 35.9 Å². The predicted molar refractivity (Wildman–Crippen MR) is 90.0 cm³/mol. The molecule has 0 aliphatic carbocycles. The first-order valence-electron chi connectivity index (χ1n) is 7.73. The van der Waals surface area contributed by atoms with Crippen LogP contribution in [0.4, 0.5) is 5.69 Å². The lowest BCUT2D eigenvalue weighted by atomic mass is 9.95. The Labute approximate surface area is 133 Å². The third-order valence-corrected chi connectivity index (χ3v) is 4.35. The number of rotatable bonds is 3. The molecule has 21 heavy (non-hydrogen) atoms. The molecular formula is C17H27ClN2O. The zero-order valence-electron chi connectivity index (χ0n) is 13.5. The van der Waals surface area contributed by atoms with Crippen LogP contribution in [0, 0.1) is 5.92 Å². The van der Waals surface area contributed by atoms with E-state index in [1.54, 1.807) is 0 Å². The van der Waals surface area contributed by atoms with Gasteiger partial charge >= 0.3 is 0 Å². The van der Waals surface area contributed by atoms with Crippen LogP contribution in [-0.4, -0.2) is 29.8 Å². The van der Waals surface area contributed by atoms with Gasteiger partial charge in [-0.15, -0.1) is 0 Å². The summed E-state index contributed by atoms with van der Waals surface area (Å²) >= 11 is 6.18. The van der Waals surface area contributed by atoms with Crippen molar-refractivity contribution in [2.75, 3.05) is 18.0 Å². The smallest absolute Gasteiger partial charge is 0.0741 e. The second-order valence-corrected chi connectivity index (χ2v) is 7.59. The number of hydrogen-bond acceptors (Lipinski definition) is 3. The highest BCUT2D eigenvalue weighted by atomic mass is 35.5. The van der Waals surface area contributed by atoms with E-state index in [0.29, 0.717) is 12.5 Å². The number of nitrogens with one attached hydrogen (secondary N) is 1. The average molecular weight is 311 g/mol. The van der Waals surface area contributed by atoms with Crippen LogP contribution in [0.2, 0.25) is 5.02 Å². The summed E-state index contributed by atoms with van der Waals surface area (Å²) in [6, 6.07) is 6.04. The van der Waals surface area contributed by atoms with Gasteiger partial charge in [-0.3, -0.25) is 0 Å². The maximum Gasteiger partial charge on any atom is 0.0741 e. The van der Waals surface area contributed by atoms with Crippen LogP contribution in [0.25, 0.3) is 0 Å². The van der Waals surface area contributed by atoms with Crippen molar-refractivity contribution in [2.45, 2.75) is 52.3 Å². The summed E-state index contributed by atoms with van der Waals surface area (Å²) in [5.41, 5.74) is 2.45. The lowest BCUT2D eigenvalue weighted by Gasteiger charge is -2.37. The van der Waals surface area contributed by atoms with E-state index in [0.717, 1.165) is 30.2 Å². The minimum atomic E-state index is -0.263. The van der Waals surface area contributed by atoms with Crippen molar-refractivity contribution in [3.63, 3.8) is 0 Å². The highest BCUT2D eigenvalue weighted by Crippen LogP contribution is 2.29. The molecule has 2 atom stereocenters. The molecule has 0 radical (unpaired) electrons. The Morgan fingerprint density at radius 3 is 2.71 bits per heavy atom. The molecule has 3 nitrogen and oxygen atoms in total. The van der Waals surface area contributed by atoms with E-state index in [-0.39, 0.29) is 11.6 Å². The summed E-state index contributed by atoms with van der Waals surface area (Å²) in [7, 11) is 0. The maximum atomic E-state index is 10.1. The number of piperidine rings is 1. The minimum Gasteiger partial charge on any atom is -0.391 e. The Morgan fingerprint density at radius 2 is 2.10 bits per heavy atom. The Morgan fingerprint density at radius 1 is 1.38 bits per heavy atom. The second-order valence-electron chi connectivity index (χ2n) is 7.16. The molecule has 0 bridgehead atoms. The summed E-state index contributed by atoms with van der Waals surface area (Å²) < 4.78 is 0. The van der Waals surface area contributed by atoms with E-state index in [2.05, 4.69) is 44.0 Å². The molecule has 1 aliphatic rings. The highest BCUT2D eigenvalue weighted by Gasteiger charge is 2.26. The monoisotopic (exact) mass is 310 g/mol. The summed E-state index contributed by atoms with van der Waals surface area (Å²) in [6.45, 7) is 11.1. The van der Waals surface area contributed by atoms with Gasteiger partial charge in [0.1, 0.15) is 0 Å². The topological polar surface area (TPSA) is 35.5 Å². The van der Waals surface area contributed by atoms with Gasteiger partial charge in [-0.05, 0) is 50.8 Å². The van der Waals surface area contributed by atoms with Crippen LogP contribution < -0.4 is 10.2 Å². The van der Waals surface area contributed by atoms with Gasteiger partial charge in [0.15, 0.2) is 0 Å². The van der Waals surface area contributed by atoms with Gasteiger partial charge in [-0.25, -0.2) is 0 Å². The highest BCUT2D eigenvalue weighted by molar-refractivity contribution is 6.30. The molecule has 2 N–H and O–H groups in total. The fourth-order valence-corrected chi connectivity index (χ4v) is 2.78. The number of anilines is 1. The van der Waals surface area contributed by atoms with Crippen LogP contribution in [0.1, 0.15) is 39.7 Å². The predicted octanol–water partition coefficient (Wildman–Crippen LogP) is 3.44. The number of aliphatic hydroxyl groups is 1. The minimum absolute atomic E-state index is 0.0762. The molecule has 1 aromatic rings. The Bertz CT molecular complexity index is 484.